The third-order valence-electron chi connectivity index (χ3n) is 3.15. The van der Waals surface area contributed by atoms with Gasteiger partial charge in [0, 0.05) is 6.04 Å². The second-order valence-corrected chi connectivity index (χ2v) is 6.08. The molecule has 1 amide bonds. The first kappa shape index (κ1) is 15.8. The van der Waals surface area contributed by atoms with E-state index >= 15 is 0 Å². The van der Waals surface area contributed by atoms with Gasteiger partial charge in [-0.05, 0) is 53.8 Å². The first-order valence-electron chi connectivity index (χ1n) is 6.60. The summed E-state index contributed by atoms with van der Waals surface area (Å²) in [5.41, 5.74) is -0.579. The molecule has 2 unspecified atom stereocenters. The van der Waals surface area contributed by atoms with Gasteiger partial charge in [-0.3, -0.25) is 4.79 Å². The van der Waals surface area contributed by atoms with Gasteiger partial charge in [-0.1, -0.05) is 0 Å². The molecule has 110 valence electrons. The molecule has 2 atom stereocenters. The van der Waals surface area contributed by atoms with Gasteiger partial charge in [-0.25, -0.2) is 4.79 Å². The summed E-state index contributed by atoms with van der Waals surface area (Å²) in [7, 11) is 1.95. The molecule has 1 aliphatic heterocycles. The maximum Gasteiger partial charge on any atom is 0.407 e. The van der Waals surface area contributed by atoms with Crippen molar-refractivity contribution in [3.8, 4) is 0 Å². The molecule has 1 fully saturated rings. The monoisotopic (exact) mass is 272 g/mol. The molecule has 6 nitrogen and oxygen atoms in total. The summed E-state index contributed by atoms with van der Waals surface area (Å²) in [5, 5.41) is 12.0. The van der Waals surface area contributed by atoms with E-state index in [2.05, 4.69) is 10.2 Å². The molecule has 19 heavy (non-hydrogen) atoms. The first-order valence-corrected chi connectivity index (χ1v) is 6.60. The summed E-state index contributed by atoms with van der Waals surface area (Å²) in [4.78, 5) is 25.1. The molecule has 6 heteroatoms. The molecular formula is C13H24N2O4. The predicted molar refractivity (Wildman–Crippen MR) is 71.0 cm³/mol. The topological polar surface area (TPSA) is 78.9 Å². The lowest BCUT2D eigenvalue weighted by atomic mass is 9.95. The van der Waals surface area contributed by atoms with Crippen molar-refractivity contribution in [2.75, 3.05) is 20.1 Å². The van der Waals surface area contributed by atoms with Crippen LogP contribution < -0.4 is 5.32 Å². The average molecular weight is 272 g/mol. The van der Waals surface area contributed by atoms with Crippen LogP contribution in [0.1, 0.15) is 33.6 Å². The molecule has 0 spiro atoms. The van der Waals surface area contributed by atoms with Gasteiger partial charge >= 0.3 is 12.1 Å². The Balaban J connectivity index is 2.66. The van der Waals surface area contributed by atoms with Crippen molar-refractivity contribution in [1.29, 1.82) is 0 Å². The van der Waals surface area contributed by atoms with Crippen molar-refractivity contribution >= 4 is 12.1 Å². The Morgan fingerprint density at radius 2 is 1.84 bits per heavy atom. The number of ether oxygens (including phenoxy) is 1. The molecule has 0 saturated carbocycles. The molecule has 1 aliphatic rings. The number of nitrogens with one attached hydrogen (secondary N) is 1. The summed E-state index contributed by atoms with van der Waals surface area (Å²) < 4.78 is 5.18. The van der Waals surface area contributed by atoms with Crippen molar-refractivity contribution in [3.63, 3.8) is 0 Å². The summed E-state index contributed by atoms with van der Waals surface area (Å²) in [5.74, 6) is -1.42. The fourth-order valence-electron chi connectivity index (χ4n) is 2.16. The molecule has 0 radical (unpaired) electrons. The largest absolute Gasteiger partial charge is 0.481 e. The van der Waals surface area contributed by atoms with Gasteiger partial charge < -0.3 is 20.1 Å². The third kappa shape index (κ3) is 5.46. The van der Waals surface area contributed by atoms with E-state index in [1.807, 2.05) is 7.05 Å². The molecule has 0 aliphatic carbocycles. The lowest BCUT2D eigenvalue weighted by Crippen LogP contribution is -2.45. The van der Waals surface area contributed by atoms with Crippen LogP contribution in [0, 0.1) is 5.92 Å². The van der Waals surface area contributed by atoms with Crippen LogP contribution in [-0.2, 0) is 9.53 Å². The van der Waals surface area contributed by atoms with Crippen LogP contribution in [0.15, 0.2) is 0 Å². The van der Waals surface area contributed by atoms with Crippen LogP contribution in [0.5, 0.6) is 0 Å². The van der Waals surface area contributed by atoms with Crippen LogP contribution in [0.3, 0.4) is 0 Å². The summed E-state index contributed by atoms with van der Waals surface area (Å²) >= 11 is 0. The Morgan fingerprint density at radius 1 is 1.26 bits per heavy atom. The predicted octanol–water partition coefficient (Wildman–Crippen LogP) is 1.31. The minimum atomic E-state index is -0.864. The number of hydrogen-bond acceptors (Lipinski definition) is 4. The van der Waals surface area contributed by atoms with E-state index in [0.29, 0.717) is 12.8 Å². The van der Waals surface area contributed by atoms with Crippen molar-refractivity contribution in [1.82, 2.24) is 10.2 Å². The quantitative estimate of drug-likeness (QED) is 0.792. The molecular weight excluding hydrogens is 248 g/mol. The molecule has 0 aromatic rings. The van der Waals surface area contributed by atoms with Crippen LogP contribution in [0.4, 0.5) is 4.79 Å². The average Bonchev–Trinajstić information content (AvgIpc) is 2.38. The van der Waals surface area contributed by atoms with Crippen LogP contribution in [0.25, 0.3) is 0 Å². The number of carboxylic acids is 1. The number of carbonyl (C=O) groups excluding carboxylic acids is 1. The summed E-state index contributed by atoms with van der Waals surface area (Å²) in [6.45, 7) is 6.83. The SMILES string of the molecule is CN1CCC(NC(=O)OC(C)(C)C)C(C(=O)O)CC1. The van der Waals surface area contributed by atoms with Crippen LogP contribution >= 0.6 is 0 Å². The second kappa shape index (κ2) is 6.23. The Kier molecular flexibility index (Phi) is 5.17. The van der Waals surface area contributed by atoms with E-state index in [1.54, 1.807) is 20.8 Å². The minimum Gasteiger partial charge on any atom is -0.481 e. The molecule has 0 aromatic heterocycles. The Hall–Kier alpha value is -1.30. The van der Waals surface area contributed by atoms with Gasteiger partial charge in [-0.15, -0.1) is 0 Å². The summed E-state index contributed by atoms with van der Waals surface area (Å²) in [6.07, 6.45) is 0.604. The van der Waals surface area contributed by atoms with E-state index < -0.39 is 23.6 Å². The maximum atomic E-state index is 11.7. The highest BCUT2D eigenvalue weighted by Crippen LogP contribution is 2.18. The Morgan fingerprint density at radius 3 is 2.37 bits per heavy atom. The van der Waals surface area contributed by atoms with E-state index in [9.17, 15) is 14.7 Å². The lowest BCUT2D eigenvalue weighted by molar-refractivity contribution is -0.142. The fraction of sp³-hybridized carbons (Fsp3) is 0.846. The second-order valence-electron chi connectivity index (χ2n) is 6.08. The lowest BCUT2D eigenvalue weighted by Gasteiger charge is -2.25. The number of carbonyl (C=O) groups is 2. The van der Waals surface area contributed by atoms with Gasteiger partial charge in [0.05, 0.1) is 5.92 Å². The maximum absolute atomic E-state index is 11.7. The number of carboxylic acid groups (broad SMARTS) is 1. The number of amides is 1. The zero-order valence-electron chi connectivity index (χ0n) is 12.1. The van der Waals surface area contributed by atoms with E-state index in [4.69, 9.17) is 4.74 Å². The molecule has 0 bridgehead atoms. The van der Waals surface area contributed by atoms with Gasteiger partial charge in [0.25, 0.3) is 0 Å². The smallest absolute Gasteiger partial charge is 0.407 e. The normalized spacial score (nSPS) is 25.5. The van der Waals surface area contributed by atoms with Gasteiger partial charge in [0.1, 0.15) is 5.60 Å². The number of hydrogen-bond donors (Lipinski definition) is 2. The zero-order chi connectivity index (χ0) is 14.6. The number of likely N-dealkylation sites (tertiary alicyclic amines) is 1. The minimum absolute atomic E-state index is 0.378. The highest BCUT2D eigenvalue weighted by molar-refractivity contribution is 5.73. The number of aliphatic carboxylic acids is 1. The van der Waals surface area contributed by atoms with Gasteiger partial charge in [-0.2, -0.15) is 0 Å². The van der Waals surface area contributed by atoms with Crippen molar-refractivity contribution in [3.05, 3.63) is 0 Å². The third-order valence-corrected chi connectivity index (χ3v) is 3.15. The molecule has 2 N–H and O–H groups in total. The zero-order valence-corrected chi connectivity index (χ0v) is 12.1. The molecule has 1 saturated heterocycles. The first-order chi connectivity index (χ1) is 8.69. The van der Waals surface area contributed by atoms with E-state index in [1.165, 1.54) is 0 Å². The fourth-order valence-corrected chi connectivity index (χ4v) is 2.16. The van der Waals surface area contributed by atoms with Crippen LogP contribution in [0.2, 0.25) is 0 Å². The van der Waals surface area contributed by atoms with Crippen molar-refractivity contribution in [2.45, 2.75) is 45.3 Å². The summed E-state index contributed by atoms with van der Waals surface area (Å²) in [6, 6.07) is -0.378. The highest BCUT2D eigenvalue weighted by atomic mass is 16.6. The van der Waals surface area contributed by atoms with Crippen LogP contribution in [-0.4, -0.2) is 53.8 Å². The molecule has 1 heterocycles. The number of nitrogens with zero attached hydrogens (tertiary/aromatic N) is 1. The molecule has 0 aromatic carbocycles. The highest BCUT2D eigenvalue weighted by Gasteiger charge is 2.32. The van der Waals surface area contributed by atoms with Gasteiger partial charge in [0.15, 0.2) is 0 Å². The molecule has 1 rings (SSSR count). The van der Waals surface area contributed by atoms with E-state index in [0.717, 1.165) is 13.1 Å². The van der Waals surface area contributed by atoms with Gasteiger partial charge in [0.2, 0.25) is 0 Å². The Labute approximate surface area is 114 Å². The standard InChI is InChI=1S/C13H24N2O4/c1-13(2,3)19-12(18)14-10-6-8-15(4)7-5-9(10)11(16)17/h9-10H,5-8H2,1-4H3,(H,14,18)(H,16,17). The van der Waals surface area contributed by atoms with E-state index in [-0.39, 0.29) is 6.04 Å². The van der Waals surface area contributed by atoms with Crippen molar-refractivity contribution < 1.29 is 19.4 Å². The Bertz CT molecular complexity index is 338. The number of rotatable bonds is 2. The number of alkyl carbamates (subject to hydrolysis) is 1. The van der Waals surface area contributed by atoms with Crippen molar-refractivity contribution in [2.24, 2.45) is 5.92 Å².